The number of aromatic nitrogens is 2. The average molecular weight is 459 g/mol. The molecular formula is C27H30N4O3. The molecular weight excluding hydrogens is 428 g/mol. The molecule has 0 saturated carbocycles. The van der Waals surface area contributed by atoms with Crippen LogP contribution in [-0.4, -0.2) is 42.9 Å². The Labute approximate surface area is 199 Å². The topological polar surface area (TPSA) is 88.3 Å². The van der Waals surface area contributed by atoms with Crippen LogP contribution < -0.4 is 15.4 Å². The SMILES string of the molecule is COCC(Cc1ccccc1)NC(=O)N[C@H](Cc1ccc(OC)cc1)c1nc2ccccc2[nH]1. The summed E-state index contributed by atoms with van der Waals surface area (Å²) in [7, 11) is 3.28. The number of amides is 2. The Bertz CT molecular complexity index is 1160. The summed E-state index contributed by atoms with van der Waals surface area (Å²) in [6, 6.07) is 24.9. The van der Waals surface area contributed by atoms with E-state index in [0.29, 0.717) is 25.3 Å². The average Bonchev–Trinajstić information content (AvgIpc) is 3.29. The van der Waals surface area contributed by atoms with E-state index in [1.165, 1.54) is 0 Å². The number of carbonyl (C=O) groups is 1. The van der Waals surface area contributed by atoms with Gasteiger partial charge in [0.25, 0.3) is 0 Å². The number of imidazole rings is 1. The molecule has 4 rings (SSSR count). The number of H-pyrrole nitrogens is 1. The Balaban J connectivity index is 1.51. The quantitative estimate of drug-likeness (QED) is 0.328. The van der Waals surface area contributed by atoms with Crippen LogP contribution in [0, 0.1) is 0 Å². The molecule has 4 aromatic rings. The number of rotatable bonds is 10. The van der Waals surface area contributed by atoms with Crippen molar-refractivity contribution in [1.82, 2.24) is 20.6 Å². The van der Waals surface area contributed by atoms with E-state index in [1.54, 1.807) is 14.2 Å². The van der Waals surface area contributed by atoms with Gasteiger partial charge in [-0.1, -0.05) is 54.6 Å². The third kappa shape index (κ3) is 6.14. The van der Waals surface area contributed by atoms with Crippen LogP contribution in [0.15, 0.2) is 78.9 Å². The summed E-state index contributed by atoms with van der Waals surface area (Å²) >= 11 is 0. The zero-order valence-electron chi connectivity index (χ0n) is 19.5. The third-order valence-electron chi connectivity index (χ3n) is 5.67. The lowest BCUT2D eigenvalue weighted by Gasteiger charge is -2.22. The number of ether oxygens (including phenoxy) is 2. The molecule has 7 heteroatoms. The first kappa shape index (κ1) is 23.3. The molecule has 2 atom stereocenters. The minimum Gasteiger partial charge on any atom is -0.497 e. The molecule has 0 saturated heterocycles. The first-order valence-electron chi connectivity index (χ1n) is 11.3. The van der Waals surface area contributed by atoms with E-state index in [2.05, 4.69) is 15.6 Å². The maximum absolute atomic E-state index is 13.1. The van der Waals surface area contributed by atoms with Crippen LogP contribution in [0.25, 0.3) is 11.0 Å². The lowest BCUT2D eigenvalue weighted by molar-refractivity contribution is 0.164. The Morgan fingerprint density at radius 1 is 0.882 bits per heavy atom. The fourth-order valence-corrected chi connectivity index (χ4v) is 3.99. The van der Waals surface area contributed by atoms with Gasteiger partial charge in [-0.2, -0.15) is 0 Å². The number of urea groups is 1. The smallest absolute Gasteiger partial charge is 0.315 e. The summed E-state index contributed by atoms with van der Waals surface area (Å²) in [6.07, 6.45) is 1.25. The molecule has 0 aliphatic rings. The highest BCUT2D eigenvalue weighted by atomic mass is 16.5. The van der Waals surface area contributed by atoms with Gasteiger partial charge in [0.2, 0.25) is 0 Å². The first-order chi connectivity index (χ1) is 16.6. The molecule has 2 amide bonds. The van der Waals surface area contributed by atoms with Crippen molar-refractivity contribution in [1.29, 1.82) is 0 Å². The number of carbonyl (C=O) groups excluding carboxylic acids is 1. The molecule has 7 nitrogen and oxygen atoms in total. The van der Waals surface area contributed by atoms with Crippen LogP contribution in [0.4, 0.5) is 4.79 Å². The van der Waals surface area contributed by atoms with Crippen LogP contribution in [0.2, 0.25) is 0 Å². The van der Waals surface area contributed by atoms with Crippen molar-refractivity contribution in [3.05, 3.63) is 95.8 Å². The highest BCUT2D eigenvalue weighted by molar-refractivity contribution is 5.76. The van der Waals surface area contributed by atoms with Crippen LogP contribution >= 0.6 is 0 Å². The van der Waals surface area contributed by atoms with Gasteiger partial charge in [-0.3, -0.25) is 0 Å². The van der Waals surface area contributed by atoms with Crippen LogP contribution in [-0.2, 0) is 17.6 Å². The standard InChI is InChI=1S/C27H30N4O3/c1-33-18-21(16-19-8-4-3-5-9-19)28-27(32)31-25(17-20-12-14-22(34-2)15-13-20)26-29-23-10-6-7-11-24(23)30-26/h3-15,21,25H,16-18H2,1-2H3,(H,29,30)(H2,28,31,32)/t21?,25-/m1/s1. The van der Waals surface area contributed by atoms with E-state index in [9.17, 15) is 4.79 Å². The van der Waals surface area contributed by atoms with Crippen LogP contribution in [0.5, 0.6) is 5.75 Å². The predicted molar refractivity (Wildman–Crippen MR) is 133 cm³/mol. The minimum absolute atomic E-state index is 0.162. The summed E-state index contributed by atoms with van der Waals surface area (Å²) in [4.78, 5) is 21.2. The van der Waals surface area contributed by atoms with Gasteiger partial charge < -0.3 is 25.1 Å². The van der Waals surface area contributed by atoms with Gasteiger partial charge in [0.1, 0.15) is 11.6 Å². The Morgan fingerprint density at radius 3 is 2.29 bits per heavy atom. The molecule has 176 valence electrons. The second-order valence-corrected chi connectivity index (χ2v) is 8.20. The lowest BCUT2D eigenvalue weighted by atomic mass is 10.0. The summed E-state index contributed by atoms with van der Waals surface area (Å²) in [5.41, 5.74) is 3.99. The first-order valence-corrected chi connectivity index (χ1v) is 11.3. The Morgan fingerprint density at radius 2 is 1.59 bits per heavy atom. The molecule has 0 spiro atoms. The molecule has 0 fully saturated rings. The molecule has 0 aliphatic carbocycles. The second kappa shape index (κ2) is 11.3. The maximum atomic E-state index is 13.1. The highest BCUT2D eigenvalue weighted by Gasteiger charge is 2.21. The fourth-order valence-electron chi connectivity index (χ4n) is 3.99. The van der Waals surface area contributed by atoms with Crippen molar-refractivity contribution in [2.45, 2.75) is 24.9 Å². The number of nitrogens with one attached hydrogen (secondary N) is 3. The van der Waals surface area contributed by atoms with E-state index >= 15 is 0 Å². The van der Waals surface area contributed by atoms with Gasteiger partial charge in [-0.05, 0) is 48.2 Å². The molecule has 0 radical (unpaired) electrons. The zero-order chi connectivity index (χ0) is 23.8. The maximum Gasteiger partial charge on any atom is 0.315 e. The molecule has 0 aliphatic heterocycles. The van der Waals surface area contributed by atoms with Crippen molar-refractivity contribution in [3.63, 3.8) is 0 Å². The Hall–Kier alpha value is -3.84. The lowest BCUT2D eigenvalue weighted by Crippen LogP contribution is -2.46. The van der Waals surface area contributed by atoms with Gasteiger partial charge in [0.15, 0.2) is 0 Å². The molecule has 1 unspecified atom stereocenters. The second-order valence-electron chi connectivity index (χ2n) is 8.20. The normalized spacial score (nSPS) is 12.8. The number of hydrogen-bond donors (Lipinski definition) is 3. The number of aromatic amines is 1. The van der Waals surface area contributed by atoms with E-state index in [0.717, 1.165) is 27.9 Å². The Kier molecular flexibility index (Phi) is 7.78. The van der Waals surface area contributed by atoms with E-state index < -0.39 is 0 Å². The fraction of sp³-hybridized carbons (Fsp3) is 0.259. The van der Waals surface area contributed by atoms with Gasteiger partial charge in [-0.25, -0.2) is 9.78 Å². The highest BCUT2D eigenvalue weighted by Crippen LogP contribution is 2.21. The number of methoxy groups -OCH3 is 2. The van der Waals surface area contributed by atoms with E-state index in [-0.39, 0.29) is 18.1 Å². The van der Waals surface area contributed by atoms with Crippen LogP contribution in [0.1, 0.15) is 23.0 Å². The van der Waals surface area contributed by atoms with Crippen molar-refractivity contribution in [3.8, 4) is 5.75 Å². The molecule has 3 N–H and O–H groups in total. The monoisotopic (exact) mass is 458 g/mol. The van der Waals surface area contributed by atoms with Gasteiger partial charge in [0.05, 0.1) is 36.8 Å². The number of hydrogen-bond acceptors (Lipinski definition) is 4. The van der Waals surface area contributed by atoms with Crippen LogP contribution in [0.3, 0.4) is 0 Å². The van der Waals surface area contributed by atoms with E-state index in [4.69, 9.17) is 14.5 Å². The molecule has 1 heterocycles. The number of nitrogens with zero attached hydrogens (tertiary/aromatic N) is 1. The molecule has 0 bridgehead atoms. The van der Waals surface area contributed by atoms with Crippen molar-refractivity contribution in [2.24, 2.45) is 0 Å². The van der Waals surface area contributed by atoms with Crippen molar-refractivity contribution in [2.75, 3.05) is 20.8 Å². The minimum atomic E-state index is -0.347. The number of fused-ring (bicyclic) bond motifs is 1. The summed E-state index contributed by atoms with van der Waals surface area (Å²) < 4.78 is 10.6. The third-order valence-corrected chi connectivity index (χ3v) is 5.67. The predicted octanol–water partition coefficient (Wildman–Crippen LogP) is 4.41. The molecule has 34 heavy (non-hydrogen) atoms. The van der Waals surface area contributed by atoms with Crippen molar-refractivity contribution < 1.29 is 14.3 Å². The summed E-state index contributed by atoms with van der Waals surface area (Å²) in [6.45, 7) is 0.413. The van der Waals surface area contributed by atoms with Gasteiger partial charge in [-0.15, -0.1) is 0 Å². The summed E-state index contributed by atoms with van der Waals surface area (Å²) in [5, 5.41) is 6.18. The molecule has 1 aromatic heterocycles. The number of para-hydroxylation sites is 2. The van der Waals surface area contributed by atoms with Gasteiger partial charge >= 0.3 is 6.03 Å². The molecule has 3 aromatic carbocycles. The number of benzene rings is 3. The van der Waals surface area contributed by atoms with Crippen molar-refractivity contribution >= 4 is 17.1 Å². The zero-order valence-corrected chi connectivity index (χ0v) is 19.5. The summed E-state index contributed by atoms with van der Waals surface area (Å²) in [5.74, 6) is 1.50. The van der Waals surface area contributed by atoms with E-state index in [1.807, 2.05) is 78.9 Å². The van der Waals surface area contributed by atoms with Gasteiger partial charge in [0, 0.05) is 7.11 Å². The largest absolute Gasteiger partial charge is 0.497 e.